The van der Waals surface area contributed by atoms with Gasteiger partial charge in [-0.3, -0.25) is 9.59 Å². The lowest BCUT2D eigenvalue weighted by Gasteiger charge is -2.12. The zero-order valence-electron chi connectivity index (χ0n) is 13.1. The van der Waals surface area contributed by atoms with Crippen molar-refractivity contribution in [3.05, 3.63) is 58.7 Å². The van der Waals surface area contributed by atoms with Crippen molar-refractivity contribution in [2.24, 2.45) is 0 Å². The van der Waals surface area contributed by atoms with Gasteiger partial charge in [0.15, 0.2) is 6.29 Å². The number of methoxy groups -OCH3 is 1. The molecule has 122 valence electrons. The molecule has 2 aromatic rings. The van der Waals surface area contributed by atoms with Crippen LogP contribution in [-0.4, -0.2) is 31.8 Å². The summed E-state index contributed by atoms with van der Waals surface area (Å²) in [6.07, 6.45) is 0.549. The van der Waals surface area contributed by atoms with Crippen molar-refractivity contribution in [1.82, 2.24) is 0 Å². The van der Waals surface area contributed by atoms with Crippen molar-refractivity contribution in [1.29, 1.82) is 0 Å². The highest BCUT2D eigenvalue weighted by molar-refractivity contribution is 6.03. The molecule has 2 aromatic carbocycles. The fourth-order valence-corrected chi connectivity index (χ4v) is 2.40. The highest BCUT2D eigenvalue weighted by Crippen LogP contribution is 2.28. The number of hydrogen-bond acceptors (Lipinski definition) is 6. The van der Waals surface area contributed by atoms with Gasteiger partial charge in [-0.1, -0.05) is 30.3 Å². The van der Waals surface area contributed by atoms with Gasteiger partial charge in [-0.25, -0.2) is 9.59 Å². The first kappa shape index (κ1) is 17.1. The van der Waals surface area contributed by atoms with Gasteiger partial charge in [0.1, 0.15) is 0 Å². The van der Waals surface area contributed by atoms with E-state index in [1.165, 1.54) is 19.2 Å². The fourth-order valence-electron chi connectivity index (χ4n) is 2.40. The third-order valence-electron chi connectivity index (χ3n) is 3.53. The summed E-state index contributed by atoms with van der Waals surface area (Å²) in [5.41, 5.74) is 2.07. The zero-order valence-corrected chi connectivity index (χ0v) is 13.1. The van der Waals surface area contributed by atoms with E-state index in [1.54, 1.807) is 31.2 Å². The first-order chi connectivity index (χ1) is 11.5. The van der Waals surface area contributed by atoms with Gasteiger partial charge in [0.05, 0.1) is 18.2 Å². The highest BCUT2D eigenvalue weighted by atomic mass is 16.6. The quantitative estimate of drug-likeness (QED) is 0.477. The maximum Gasteiger partial charge on any atom is 0.346 e. The number of hydrogen-bond donors (Lipinski definition) is 0. The van der Waals surface area contributed by atoms with E-state index in [0.29, 0.717) is 23.0 Å². The van der Waals surface area contributed by atoms with Crippen molar-refractivity contribution in [2.45, 2.75) is 6.92 Å². The first-order valence-electron chi connectivity index (χ1n) is 6.95. The van der Waals surface area contributed by atoms with E-state index in [2.05, 4.69) is 9.47 Å². The Morgan fingerprint density at radius 2 is 1.79 bits per heavy atom. The number of ether oxygens (including phenoxy) is 2. The molecule has 0 aliphatic heterocycles. The largest absolute Gasteiger partial charge is 0.465 e. The molecule has 0 aromatic heterocycles. The van der Waals surface area contributed by atoms with E-state index < -0.39 is 11.9 Å². The lowest BCUT2D eigenvalue weighted by atomic mass is 9.93. The van der Waals surface area contributed by atoms with E-state index in [1.807, 2.05) is 0 Å². The second-order valence-electron chi connectivity index (χ2n) is 4.91. The number of benzene rings is 2. The third-order valence-corrected chi connectivity index (χ3v) is 3.53. The van der Waals surface area contributed by atoms with Crippen molar-refractivity contribution in [3.63, 3.8) is 0 Å². The lowest BCUT2D eigenvalue weighted by molar-refractivity contribution is -0.123. The second kappa shape index (κ2) is 7.32. The standard InChI is InChI=1S/C18H14O6/c1-11-4-3-5-14(16(11)18(22)24-10-20)12-6-7-13(9-19)15(8-12)17(21)23-2/h3-10H,1-2H3. The van der Waals surface area contributed by atoms with Gasteiger partial charge in [-0.15, -0.1) is 0 Å². The molecule has 0 aliphatic carbocycles. The maximum atomic E-state index is 12.1. The van der Waals surface area contributed by atoms with Crippen LogP contribution in [0.1, 0.15) is 36.6 Å². The van der Waals surface area contributed by atoms with Gasteiger partial charge in [-0.2, -0.15) is 0 Å². The molecule has 0 saturated carbocycles. The molecule has 0 saturated heterocycles. The number of aryl methyl sites for hydroxylation is 1. The molecule has 0 spiro atoms. The topological polar surface area (TPSA) is 86.7 Å². The highest BCUT2D eigenvalue weighted by Gasteiger charge is 2.19. The van der Waals surface area contributed by atoms with Gasteiger partial charge < -0.3 is 9.47 Å². The van der Waals surface area contributed by atoms with Gasteiger partial charge in [0.2, 0.25) is 0 Å². The number of rotatable bonds is 5. The van der Waals surface area contributed by atoms with Gasteiger partial charge in [-0.05, 0) is 29.7 Å². The Balaban J connectivity index is 2.67. The Labute approximate surface area is 138 Å². The van der Waals surface area contributed by atoms with Crippen molar-refractivity contribution < 1.29 is 28.7 Å². The number of aldehydes is 1. The monoisotopic (exact) mass is 326 g/mol. The van der Waals surface area contributed by atoms with Crippen LogP contribution in [0.15, 0.2) is 36.4 Å². The summed E-state index contributed by atoms with van der Waals surface area (Å²) in [6, 6.07) is 9.61. The molecule has 0 amide bonds. The summed E-state index contributed by atoms with van der Waals surface area (Å²) in [7, 11) is 1.21. The molecule has 2 rings (SSSR count). The molecule has 0 heterocycles. The predicted octanol–water partition coefficient (Wildman–Crippen LogP) is 2.57. The van der Waals surface area contributed by atoms with Gasteiger partial charge >= 0.3 is 18.4 Å². The Hall–Kier alpha value is -3.28. The molecular formula is C18H14O6. The van der Waals surface area contributed by atoms with Gasteiger partial charge in [0.25, 0.3) is 0 Å². The summed E-state index contributed by atoms with van der Waals surface area (Å²) in [6.45, 7) is 1.76. The van der Waals surface area contributed by atoms with Crippen LogP contribution in [0.4, 0.5) is 0 Å². The van der Waals surface area contributed by atoms with Crippen LogP contribution >= 0.6 is 0 Å². The second-order valence-corrected chi connectivity index (χ2v) is 4.91. The van der Waals surface area contributed by atoms with Crippen molar-refractivity contribution in [2.75, 3.05) is 7.11 Å². The molecule has 0 bridgehead atoms. The molecule has 0 fully saturated rings. The molecule has 0 radical (unpaired) electrons. The average Bonchev–Trinajstić information content (AvgIpc) is 2.60. The first-order valence-corrected chi connectivity index (χ1v) is 6.95. The number of carbonyl (C=O) groups is 4. The Kier molecular flexibility index (Phi) is 5.21. The Morgan fingerprint density at radius 1 is 1.04 bits per heavy atom. The van der Waals surface area contributed by atoms with Crippen LogP contribution in [0.3, 0.4) is 0 Å². The minimum absolute atomic E-state index is 0.0634. The van der Waals surface area contributed by atoms with E-state index in [0.717, 1.165) is 0 Å². The van der Waals surface area contributed by atoms with Crippen LogP contribution in [0.2, 0.25) is 0 Å². The smallest absolute Gasteiger partial charge is 0.346 e. The summed E-state index contributed by atoms with van der Waals surface area (Å²) in [5, 5.41) is 0. The number of carbonyl (C=O) groups excluding carboxylic acids is 4. The molecule has 0 N–H and O–H groups in total. The number of esters is 2. The van der Waals surface area contributed by atoms with Crippen LogP contribution in [-0.2, 0) is 14.3 Å². The van der Waals surface area contributed by atoms with Gasteiger partial charge in [0, 0.05) is 5.56 Å². The molecule has 24 heavy (non-hydrogen) atoms. The van der Waals surface area contributed by atoms with Crippen LogP contribution in [0, 0.1) is 6.92 Å². The molecule has 0 unspecified atom stereocenters. The normalized spacial score (nSPS) is 9.92. The molecule has 0 atom stereocenters. The minimum atomic E-state index is -0.794. The van der Waals surface area contributed by atoms with E-state index in [4.69, 9.17) is 0 Å². The van der Waals surface area contributed by atoms with Crippen molar-refractivity contribution in [3.8, 4) is 11.1 Å². The maximum absolute atomic E-state index is 12.1. The SMILES string of the molecule is COC(=O)c1cc(-c2cccc(C)c2C(=O)OC=O)ccc1C=O. The molecular weight excluding hydrogens is 312 g/mol. The van der Waals surface area contributed by atoms with Crippen molar-refractivity contribution >= 4 is 24.7 Å². The average molecular weight is 326 g/mol. The van der Waals surface area contributed by atoms with Crippen LogP contribution in [0.25, 0.3) is 11.1 Å². The van der Waals surface area contributed by atoms with Crippen LogP contribution in [0.5, 0.6) is 0 Å². The summed E-state index contributed by atoms with van der Waals surface area (Å²) < 4.78 is 9.12. The lowest BCUT2D eigenvalue weighted by Crippen LogP contribution is -2.09. The third kappa shape index (κ3) is 3.22. The summed E-state index contributed by atoms with van der Waals surface area (Å²) in [5.74, 6) is -1.46. The van der Waals surface area contributed by atoms with E-state index in [-0.39, 0.29) is 23.2 Å². The predicted molar refractivity (Wildman–Crippen MR) is 84.8 cm³/mol. The summed E-state index contributed by atoms with van der Waals surface area (Å²) in [4.78, 5) is 45.5. The van der Waals surface area contributed by atoms with E-state index >= 15 is 0 Å². The fraction of sp³-hybridized carbons (Fsp3) is 0.111. The van der Waals surface area contributed by atoms with Crippen LogP contribution < -0.4 is 0 Å². The molecule has 6 heteroatoms. The summed E-state index contributed by atoms with van der Waals surface area (Å²) >= 11 is 0. The zero-order chi connectivity index (χ0) is 17.7. The minimum Gasteiger partial charge on any atom is -0.465 e. The molecule has 6 nitrogen and oxygen atoms in total. The molecule has 0 aliphatic rings. The Bertz CT molecular complexity index is 822. The Morgan fingerprint density at radius 3 is 2.42 bits per heavy atom. The van der Waals surface area contributed by atoms with E-state index in [9.17, 15) is 19.2 Å².